The maximum atomic E-state index is 12.5. The molecule has 0 spiro atoms. The first kappa shape index (κ1) is 18.3. The van der Waals surface area contributed by atoms with E-state index in [1.807, 2.05) is 0 Å². The average Bonchev–Trinajstić information content (AvgIpc) is 2.95. The van der Waals surface area contributed by atoms with E-state index in [4.69, 9.17) is 0 Å². The number of amides is 2. The van der Waals surface area contributed by atoms with Gasteiger partial charge in [-0.1, -0.05) is 23.1 Å². The molecule has 26 heavy (non-hydrogen) atoms. The molecule has 0 radical (unpaired) electrons. The van der Waals surface area contributed by atoms with E-state index in [9.17, 15) is 18.4 Å². The Bertz CT molecular complexity index is 958. The SMILES string of the molecule is CC(=O)Nc1ccc(C(=O)Nc2nc3ccc(SC(F)F)cc3s2)cc1. The van der Waals surface area contributed by atoms with Gasteiger partial charge in [0.15, 0.2) is 5.13 Å². The van der Waals surface area contributed by atoms with Gasteiger partial charge in [0.05, 0.1) is 10.2 Å². The van der Waals surface area contributed by atoms with Crippen LogP contribution in [0.5, 0.6) is 0 Å². The number of hydrogen-bond acceptors (Lipinski definition) is 5. The zero-order chi connectivity index (χ0) is 18.7. The van der Waals surface area contributed by atoms with Gasteiger partial charge in [0.25, 0.3) is 11.7 Å². The molecule has 2 N–H and O–H groups in total. The minimum atomic E-state index is -2.49. The minimum Gasteiger partial charge on any atom is -0.326 e. The van der Waals surface area contributed by atoms with Crippen molar-refractivity contribution in [1.29, 1.82) is 0 Å². The summed E-state index contributed by atoms with van der Waals surface area (Å²) < 4.78 is 25.6. The first-order chi connectivity index (χ1) is 12.4. The Hall–Kier alpha value is -2.52. The highest BCUT2D eigenvalue weighted by atomic mass is 32.2. The third-order valence-corrected chi connectivity index (χ3v) is 4.91. The zero-order valence-electron chi connectivity index (χ0n) is 13.5. The van der Waals surface area contributed by atoms with Crippen LogP contribution in [0, 0.1) is 0 Å². The number of anilines is 2. The Morgan fingerprint density at radius 1 is 1.12 bits per heavy atom. The van der Waals surface area contributed by atoms with E-state index in [-0.39, 0.29) is 11.8 Å². The number of alkyl halides is 2. The average molecular weight is 393 g/mol. The molecule has 134 valence electrons. The summed E-state index contributed by atoms with van der Waals surface area (Å²) in [4.78, 5) is 28.0. The van der Waals surface area contributed by atoms with E-state index >= 15 is 0 Å². The number of rotatable bonds is 5. The van der Waals surface area contributed by atoms with Crippen molar-refractivity contribution < 1.29 is 18.4 Å². The highest BCUT2D eigenvalue weighted by molar-refractivity contribution is 7.99. The molecule has 2 aromatic carbocycles. The predicted octanol–water partition coefficient (Wildman–Crippen LogP) is 4.82. The van der Waals surface area contributed by atoms with E-state index in [0.29, 0.717) is 43.3 Å². The lowest BCUT2D eigenvalue weighted by atomic mass is 10.2. The van der Waals surface area contributed by atoms with Gasteiger partial charge in [-0.2, -0.15) is 8.78 Å². The molecule has 1 aromatic heterocycles. The Balaban J connectivity index is 1.73. The van der Waals surface area contributed by atoms with Crippen molar-refractivity contribution in [2.24, 2.45) is 0 Å². The van der Waals surface area contributed by atoms with Crippen LogP contribution in [0.3, 0.4) is 0 Å². The number of fused-ring (bicyclic) bond motifs is 1. The van der Waals surface area contributed by atoms with Gasteiger partial charge in [0.2, 0.25) is 5.91 Å². The molecule has 0 saturated carbocycles. The van der Waals surface area contributed by atoms with E-state index in [2.05, 4.69) is 15.6 Å². The highest BCUT2D eigenvalue weighted by Crippen LogP contribution is 2.32. The fourth-order valence-electron chi connectivity index (χ4n) is 2.21. The van der Waals surface area contributed by atoms with Gasteiger partial charge in [0, 0.05) is 23.1 Å². The smallest absolute Gasteiger partial charge is 0.288 e. The number of halogens is 2. The van der Waals surface area contributed by atoms with Gasteiger partial charge in [-0.05, 0) is 42.5 Å². The second-order valence-electron chi connectivity index (χ2n) is 5.24. The number of nitrogens with zero attached hydrogens (tertiary/aromatic N) is 1. The predicted molar refractivity (Wildman–Crippen MR) is 100 cm³/mol. The van der Waals surface area contributed by atoms with E-state index in [0.717, 1.165) is 0 Å². The summed E-state index contributed by atoms with van der Waals surface area (Å²) in [5.74, 6) is -3.03. The van der Waals surface area contributed by atoms with Crippen LogP contribution in [0.25, 0.3) is 10.2 Å². The lowest BCUT2D eigenvalue weighted by Gasteiger charge is -2.04. The number of nitrogens with one attached hydrogen (secondary N) is 2. The number of carbonyl (C=O) groups excluding carboxylic acids is 2. The second kappa shape index (κ2) is 7.79. The fraction of sp³-hybridized carbons (Fsp3) is 0.118. The molecule has 0 aliphatic rings. The van der Waals surface area contributed by atoms with Crippen LogP contribution in [-0.4, -0.2) is 22.6 Å². The third kappa shape index (κ3) is 4.55. The second-order valence-corrected chi connectivity index (χ2v) is 7.33. The van der Waals surface area contributed by atoms with Crippen LogP contribution < -0.4 is 10.6 Å². The molecule has 3 rings (SSSR count). The molecule has 2 amide bonds. The number of thioether (sulfide) groups is 1. The summed E-state index contributed by atoms with van der Waals surface area (Å²) in [6.07, 6.45) is 0. The summed E-state index contributed by atoms with van der Waals surface area (Å²) in [5.41, 5.74) is 1.63. The van der Waals surface area contributed by atoms with Gasteiger partial charge in [-0.3, -0.25) is 14.9 Å². The molecule has 0 saturated heterocycles. The van der Waals surface area contributed by atoms with Crippen LogP contribution in [0.4, 0.5) is 19.6 Å². The maximum Gasteiger partial charge on any atom is 0.288 e. The van der Waals surface area contributed by atoms with Gasteiger partial charge >= 0.3 is 0 Å². The molecule has 1 heterocycles. The third-order valence-electron chi connectivity index (χ3n) is 3.27. The van der Waals surface area contributed by atoms with Gasteiger partial charge in [-0.25, -0.2) is 4.98 Å². The van der Waals surface area contributed by atoms with Crippen molar-refractivity contribution in [1.82, 2.24) is 4.98 Å². The summed E-state index contributed by atoms with van der Waals surface area (Å²) in [7, 11) is 0. The number of benzene rings is 2. The van der Waals surface area contributed by atoms with E-state index < -0.39 is 5.76 Å². The van der Waals surface area contributed by atoms with Crippen LogP contribution in [0.1, 0.15) is 17.3 Å². The molecule has 5 nitrogen and oxygen atoms in total. The molecule has 0 atom stereocenters. The van der Waals surface area contributed by atoms with Gasteiger partial charge < -0.3 is 5.32 Å². The van der Waals surface area contributed by atoms with Crippen molar-refractivity contribution in [2.75, 3.05) is 10.6 Å². The van der Waals surface area contributed by atoms with E-state index in [1.165, 1.54) is 18.3 Å². The molecule has 0 aliphatic carbocycles. The molecular formula is C17H13F2N3O2S2. The van der Waals surface area contributed by atoms with Crippen molar-refractivity contribution in [2.45, 2.75) is 17.6 Å². The molecule has 9 heteroatoms. The highest BCUT2D eigenvalue weighted by Gasteiger charge is 2.12. The van der Waals surface area contributed by atoms with Gasteiger partial charge in [-0.15, -0.1) is 0 Å². The molecule has 0 aliphatic heterocycles. The largest absolute Gasteiger partial charge is 0.326 e. The number of thiazole rings is 1. The van der Waals surface area contributed by atoms with Crippen LogP contribution in [-0.2, 0) is 4.79 Å². The Labute approximate surface area is 155 Å². The molecule has 3 aromatic rings. The first-order valence-electron chi connectivity index (χ1n) is 7.45. The van der Waals surface area contributed by atoms with E-state index in [1.54, 1.807) is 42.5 Å². The number of carbonyl (C=O) groups is 2. The lowest BCUT2D eigenvalue weighted by molar-refractivity contribution is -0.114. The quantitative estimate of drug-likeness (QED) is 0.610. The normalized spacial score (nSPS) is 10.9. The molecular weight excluding hydrogens is 380 g/mol. The van der Waals surface area contributed by atoms with Gasteiger partial charge in [0.1, 0.15) is 0 Å². The van der Waals surface area contributed by atoms with Crippen LogP contribution in [0.15, 0.2) is 47.4 Å². The fourth-order valence-corrected chi connectivity index (χ4v) is 3.73. The zero-order valence-corrected chi connectivity index (χ0v) is 15.1. The molecule has 0 fully saturated rings. The standard InChI is InChI=1S/C17H13F2N3O2S2/c1-9(23)20-11-4-2-10(3-5-11)15(24)22-17-21-13-7-6-12(25-16(18)19)8-14(13)26-17/h2-8,16H,1H3,(H,20,23)(H,21,22,24). The summed E-state index contributed by atoms with van der Waals surface area (Å²) in [6.45, 7) is 1.40. The van der Waals surface area contributed by atoms with Crippen molar-refractivity contribution >= 4 is 55.9 Å². The summed E-state index contributed by atoms with van der Waals surface area (Å²) >= 11 is 1.68. The summed E-state index contributed by atoms with van der Waals surface area (Å²) in [6, 6.07) is 11.3. The Morgan fingerprint density at radius 3 is 2.50 bits per heavy atom. The van der Waals surface area contributed by atoms with Crippen molar-refractivity contribution in [3.05, 3.63) is 48.0 Å². The Morgan fingerprint density at radius 2 is 1.85 bits per heavy atom. The number of hydrogen-bond donors (Lipinski definition) is 2. The first-order valence-corrected chi connectivity index (χ1v) is 9.15. The van der Waals surface area contributed by atoms with Crippen LogP contribution in [0.2, 0.25) is 0 Å². The Kier molecular flexibility index (Phi) is 5.48. The van der Waals surface area contributed by atoms with Crippen LogP contribution >= 0.6 is 23.1 Å². The van der Waals surface area contributed by atoms with Crippen molar-refractivity contribution in [3.63, 3.8) is 0 Å². The minimum absolute atomic E-state index is 0.193. The lowest BCUT2D eigenvalue weighted by Crippen LogP contribution is -2.12. The molecule has 0 unspecified atom stereocenters. The monoisotopic (exact) mass is 393 g/mol. The van der Waals surface area contributed by atoms with Crippen molar-refractivity contribution in [3.8, 4) is 0 Å². The maximum absolute atomic E-state index is 12.5. The summed E-state index contributed by atoms with van der Waals surface area (Å²) in [5, 5.41) is 5.70. The number of aromatic nitrogens is 1. The topological polar surface area (TPSA) is 71.1 Å². The molecule has 0 bridgehead atoms.